The molecule has 8 nitrogen and oxygen atoms in total. The van der Waals surface area contributed by atoms with Gasteiger partial charge in [0.2, 0.25) is 15.9 Å². The van der Waals surface area contributed by atoms with Crippen molar-refractivity contribution in [3.63, 3.8) is 0 Å². The van der Waals surface area contributed by atoms with E-state index < -0.39 is 10.0 Å². The second kappa shape index (κ2) is 10.4. The van der Waals surface area contributed by atoms with Crippen molar-refractivity contribution < 1.29 is 18.0 Å². The van der Waals surface area contributed by atoms with Crippen molar-refractivity contribution in [1.82, 2.24) is 14.9 Å². The highest BCUT2D eigenvalue weighted by Gasteiger charge is 2.29. The fourth-order valence-corrected chi connectivity index (χ4v) is 4.89. The number of nitrogens with zero attached hydrogens (tertiary/aromatic N) is 2. The lowest BCUT2D eigenvalue weighted by molar-refractivity contribution is -0.122. The zero-order valence-electron chi connectivity index (χ0n) is 17.6. The molecule has 0 saturated carbocycles. The van der Waals surface area contributed by atoms with Crippen LogP contribution in [0.15, 0.2) is 59.5 Å². The molecule has 0 radical (unpaired) electrons. The Bertz CT molecular complexity index is 1010. The second-order valence-corrected chi connectivity index (χ2v) is 9.18. The van der Waals surface area contributed by atoms with Gasteiger partial charge in [-0.25, -0.2) is 8.42 Å². The number of carbonyl (C=O) groups excluding carboxylic acids is 2. The minimum atomic E-state index is -3.84. The van der Waals surface area contributed by atoms with Gasteiger partial charge in [0.25, 0.3) is 5.91 Å². The lowest BCUT2D eigenvalue weighted by Gasteiger charge is -2.26. The number of benzene rings is 2. The molecule has 1 heterocycles. The first-order chi connectivity index (χ1) is 14.9. The van der Waals surface area contributed by atoms with Crippen LogP contribution in [0.4, 0.5) is 5.69 Å². The van der Waals surface area contributed by atoms with E-state index in [9.17, 15) is 18.0 Å². The lowest BCUT2D eigenvalue weighted by Crippen LogP contribution is -2.49. The molecule has 0 unspecified atom stereocenters. The third-order valence-corrected chi connectivity index (χ3v) is 6.97. The van der Waals surface area contributed by atoms with Crippen molar-refractivity contribution in [3.8, 4) is 0 Å². The van der Waals surface area contributed by atoms with Crippen LogP contribution in [-0.2, 0) is 14.8 Å². The smallest absolute Gasteiger partial charge is 0.251 e. The molecule has 31 heavy (non-hydrogen) atoms. The molecule has 2 N–H and O–H groups in total. The predicted octanol–water partition coefficient (Wildman–Crippen LogP) is 1.45. The van der Waals surface area contributed by atoms with Crippen LogP contribution in [0.2, 0.25) is 0 Å². The summed E-state index contributed by atoms with van der Waals surface area (Å²) >= 11 is 0. The number of rotatable bonds is 9. The number of sulfonamides is 1. The summed E-state index contributed by atoms with van der Waals surface area (Å²) in [6, 6.07) is 16.0. The van der Waals surface area contributed by atoms with Crippen molar-refractivity contribution in [2.45, 2.75) is 18.2 Å². The summed E-state index contributed by atoms with van der Waals surface area (Å²) in [6.45, 7) is 4.50. The van der Waals surface area contributed by atoms with E-state index in [2.05, 4.69) is 34.6 Å². The maximum absolute atomic E-state index is 12.8. The molecule has 1 aliphatic rings. The van der Waals surface area contributed by atoms with E-state index in [1.807, 2.05) is 18.2 Å². The van der Waals surface area contributed by atoms with Crippen LogP contribution < -0.4 is 15.5 Å². The van der Waals surface area contributed by atoms with Gasteiger partial charge in [-0.1, -0.05) is 24.3 Å². The molecule has 9 heteroatoms. The molecule has 2 amide bonds. The number of amides is 2. The van der Waals surface area contributed by atoms with Crippen molar-refractivity contribution in [2.75, 3.05) is 44.2 Å². The Morgan fingerprint density at radius 1 is 1.16 bits per heavy atom. The summed E-state index contributed by atoms with van der Waals surface area (Å²) in [5, 5.41) is 5.46. The largest absolute Gasteiger partial charge is 0.372 e. The molecule has 0 aromatic heterocycles. The predicted molar refractivity (Wildman–Crippen MR) is 119 cm³/mol. The van der Waals surface area contributed by atoms with Gasteiger partial charge in [-0.05, 0) is 43.7 Å². The van der Waals surface area contributed by atoms with Gasteiger partial charge in [0.15, 0.2) is 0 Å². The fourth-order valence-electron chi connectivity index (χ4n) is 3.45. The number of para-hydroxylation sites is 1. The van der Waals surface area contributed by atoms with E-state index in [0.29, 0.717) is 6.54 Å². The molecule has 1 fully saturated rings. The number of nitrogens with one attached hydrogen (secondary N) is 2. The Hall–Kier alpha value is -2.91. The Kier molecular flexibility index (Phi) is 7.64. The first-order valence-electron chi connectivity index (χ1n) is 10.4. The van der Waals surface area contributed by atoms with Gasteiger partial charge in [-0.15, -0.1) is 0 Å². The molecule has 0 bridgehead atoms. The van der Waals surface area contributed by atoms with Crippen molar-refractivity contribution in [2.24, 2.45) is 0 Å². The standard InChI is InChI=1S/C22H28N4O4S/c1-2-25(19-9-4-3-5-10-19)14-7-12-24-22(28)18-8-6-11-20(16-18)31(29,30)26-15-13-23-21(27)17-26/h3-6,8-11,16H,2,7,12-15,17H2,1H3,(H,23,27)(H,24,28). The summed E-state index contributed by atoms with van der Waals surface area (Å²) in [5.41, 5.74) is 1.42. The summed E-state index contributed by atoms with van der Waals surface area (Å²) in [7, 11) is -3.84. The van der Waals surface area contributed by atoms with Crippen molar-refractivity contribution in [3.05, 3.63) is 60.2 Å². The van der Waals surface area contributed by atoms with Gasteiger partial charge in [0.05, 0.1) is 11.4 Å². The van der Waals surface area contributed by atoms with Crippen LogP contribution in [0.3, 0.4) is 0 Å². The Morgan fingerprint density at radius 2 is 1.94 bits per heavy atom. The Labute approximate surface area is 183 Å². The summed E-state index contributed by atoms with van der Waals surface area (Å²) in [4.78, 5) is 26.3. The molecule has 0 atom stereocenters. The molecule has 2 aromatic carbocycles. The van der Waals surface area contributed by atoms with Crippen molar-refractivity contribution in [1.29, 1.82) is 0 Å². The van der Waals surface area contributed by atoms with E-state index in [4.69, 9.17) is 0 Å². The summed E-state index contributed by atoms with van der Waals surface area (Å²) in [6.07, 6.45) is 0.759. The first-order valence-corrected chi connectivity index (χ1v) is 11.8. The molecule has 166 valence electrons. The summed E-state index contributed by atoms with van der Waals surface area (Å²) in [5.74, 6) is -0.656. The van der Waals surface area contributed by atoms with E-state index in [0.717, 1.165) is 29.5 Å². The molecule has 0 aliphatic carbocycles. The highest BCUT2D eigenvalue weighted by atomic mass is 32.2. The van der Waals surface area contributed by atoms with Gasteiger partial charge in [0.1, 0.15) is 0 Å². The van der Waals surface area contributed by atoms with Crippen LogP contribution in [0, 0.1) is 0 Å². The third-order valence-electron chi connectivity index (χ3n) is 5.13. The van der Waals surface area contributed by atoms with Gasteiger partial charge in [0, 0.05) is 44.0 Å². The Morgan fingerprint density at radius 3 is 2.65 bits per heavy atom. The second-order valence-electron chi connectivity index (χ2n) is 7.24. The lowest BCUT2D eigenvalue weighted by atomic mass is 10.2. The van der Waals surface area contributed by atoms with Crippen LogP contribution in [0.5, 0.6) is 0 Å². The minimum absolute atomic E-state index is 0.0103. The SMILES string of the molecule is CCN(CCCNC(=O)c1cccc(S(=O)(=O)N2CCNC(=O)C2)c1)c1ccccc1. The van der Waals surface area contributed by atoms with Gasteiger partial charge in [-0.2, -0.15) is 4.31 Å². The normalized spacial score (nSPS) is 14.7. The Balaban J connectivity index is 1.57. The van der Waals surface area contributed by atoms with Gasteiger partial charge in [-0.3, -0.25) is 9.59 Å². The maximum Gasteiger partial charge on any atom is 0.251 e. The molecule has 2 aromatic rings. The number of piperazine rings is 1. The molecular formula is C22H28N4O4S. The van der Waals surface area contributed by atoms with Gasteiger partial charge >= 0.3 is 0 Å². The quantitative estimate of drug-likeness (QED) is 0.571. The molecule has 0 spiro atoms. The van der Waals surface area contributed by atoms with E-state index in [-0.39, 0.29) is 41.9 Å². The molecule has 3 rings (SSSR count). The zero-order valence-corrected chi connectivity index (χ0v) is 18.4. The number of carbonyl (C=O) groups is 2. The van der Waals surface area contributed by atoms with Crippen LogP contribution >= 0.6 is 0 Å². The van der Waals surface area contributed by atoms with E-state index in [1.54, 1.807) is 12.1 Å². The monoisotopic (exact) mass is 444 g/mol. The van der Waals surface area contributed by atoms with Gasteiger partial charge < -0.3 is 15.5 Å². The molecule has 1 saturated heterocycles. The first kappa shape index (κ1) is 22.8. The van der Waals surface area contributed by atoms with Crippen LogP contribution in [0.1, 0.15) is 23.7 Å². The van der Waals surface area contributed by atoms with E-state index >= 15 is 0 Å². The average Bonchev–Trinajstić information content (AvgIpc) is 2.79. The van der Waals surface area contributed by atoms with Crippen molar-refractivity contribution >= 4 is 27.5 Å². The average molecular weight is 445 g/mol. The number of hydrogen-bond acceptors (Lipinski definition) is 5. The fraction of sp³-hybridized carbons (Fsp3) is 0.364. The third kappa shape index (κ3) is 5.83. The maximum atomic E-state index is 12.8. The minimum Gasteiger partial charge on any atom is -0.372 e. The molecular weight excluding hydrogens is 416 g/mol. The number of hydrogen-bond donors (Lipinski definition) is 2. The highest BCUT2D eigenvalue weighted by molar-refractivity contribution is 7.89. The topological polar surface area (TPSA) is 98.8 Å². The molecule has 1 aliphatic heterocycles. The zero-order chi connectivity index (χ0) is 22.3. The number of anilines is 1. The van der Waals surface area contributed by atoms with Crippen LogP contribution in [-0.4, -0.2) is 63.8 Å². The summed E-state index contributed by atoms with van der Waals surface area (Å²) < 4.78 is 26.8. The van der Waals surface area contributed by atoms with Crippen LogP contribution in [0.25, 0.3) is 0 Å². The van der Waals surface area contributed by atoms with E-state index in [1.165, 1.54) is 12.1 Å². The highest BCUT2D eigenvalue weighted by Crippen LogP contribution is 2.18.